The molecule has 0 saturated carbocycles. The monoisotopic (exact) mass is 285 g/mol. The maximum Gasteiger partial charge on any atom is 0.124 e. The van der Waals surface area contributed by atoms with Crippen LogP contribution in [0, 0.1) is 0 Å². The van der Waals surface area contributed by atoms with Gasteiger partial charge in [0, 0.05) is 44.5 Å². The van der Waals surface area contributed by atoms with Gasteiger partial charge in [-0.25, -0.2) is 4.98 Å². The van der Waals surface area contributed by atoms with Crippen molar-refractivity contribution < 1.29 is 4.74 Å². The minimum atomic E-state index is 0.322. The Morgan fingerprint density at radius 2 is 2.05 bits per heavy atom. The molecular weight excluding hydrogens is 262 g/mol. The number of hydrogen-bond donors (Lipinski definition) is 0. The van der Waals surface area contributed by atoms with Crippen molar-refractivity contribution in [3.8, 4) is 5.75 Å². The number of rotatable bonds is 6. The molecule has 0 unspecified atom stereocenters. The molecule has 0 bridgehead atoms. The van der Waals surface area contributed by atoms with E-state index in [0.717, 1.165) is 31.8 Å². The van der Waals surface area contributed by atoms with Crippen LogP contribution in [0.2, 0.25) is 0 Å². The van der Waals surface area contributed by atoms with Gasteiger partial charge in [0.2, 0.25) is 0 Å². The third-order valence-corrected chi connectivity index (χ3v) is 4.12. The fourth-order valence-corrected chi connectivity index (χ4v) is 2.82. The number of para-hydroxylation sites is 1. The molecule has 2 heterocycles. The minimum Gasteiger partial charge on any atom is -0.488 e. The number of nitrogens with zero attached hydrogens (tertiary/aromatic N) is 3. The maximum absolute atomic E-state index is 5.95. The lowest BCUT2D eigenvalue weighted by Gasteiger charge is -2.43. The second-order valence-electron chi connectivity index (χ2n) is 5.71. The molecule has 3 rings (SSSR count). The first kappa shape index (κ1) is 14.1. The highest BCUT2D eigenvalue weighted by Crippen LogP contribution is 2.20. The number of ether oxygens (including phenoxy) is 1. The third-order valence-electron chi connectivity index (χ3n) is 4.12. The lowest BCUT2D eigenvalue weighted by atomic mass is 10.1. The Kier molecular flexibility index (Phi) is 4.25. The number of aryl methyl sites for hydroxylation is 1. The van der Waals surface area contributed by atoms with Crippen molar-refractivity contribution in [3.63, 3.8) is 0 Å². The van der Waals surface area contributed by atoms with Gasteiger partial charge in [-0.3, -0.25) is 4.90 Å². The minimum absolute atomic E-state index is 0.322. The van der Waals surface area contributed by atoms with Crippen LogP contribution in [0.25, 0.3) is 0 Å². The molecule has 2 aromatic rings. The van der Waals surface area contributed by atoms with E-state index in [1.165, 1.54) is 5.82 Å². The van der Waals surface area contributed by atoms with E-state index in [1.807, 2.05) is 36.5 Å². The first-order valence-electron chi connectivity index (χ1n) is 7.72. The molecule has 0 aliphatic carbocycles. The van der Waals surface area contributed by atoms with E-state index >= 15 is 0 Å². The molecule has 0 amide bonds. The average Bonchev–Trinajstić information content (AvgIpc) is 2.90. The molecule has 1 aliphatic heterocycles. The van der Waals surface area contributed by atoms with E-state index in [4.69, 9.17) is 4.74 Å². The number of likely N-dealkylation sites (tertiary alicyclic amines) is 1. The SMILES string of the molecule is CCc1nccn1C[C@H](C)N1CC(Oc2ccccc2)C1. The quantitative estimate of drug-likeness (QED) is 0.817. The van der Waals surface area contributed by atoms with E-state index in [-0.39, 0.29) is 0 Å². The van der Waals surface area contributed by atoms with Crippen molar-refractivity contribution in [2.75, 3.05) is 13.1 Å². The van der Waals surface area contributed by atoms with Gasteiger partial charge in [-0.05, 0) is 19.1 Å². The summed E-state index contributed by atoms with van der Waals surface area (Å²) in [5, 5.41) is 0. The molecule has 4 heteroatoms. The Morgan fingerprint density at radius 3 is 2.76 bits per heavy atom. The van der Waals surface area contributed by atoms with Crippen molar-refractivity contribution in [2.24, 2.45) is 0 Å². The molecule has 0 radical (unpaired) electrons. The van der Waals surface area contributed by atoms with Gasteiger partial charge >= 0.3 is 0 Å². The summed E-state index contributed by atoms with van der Waals surface area (Å²) < 4.78 is 8.21. The van der Waals surface area contributed by atoms with E-state index in [0.29, 0.717) is 12.1 Å². The van der Waals surface area contributed by atoms with Crippen LogP contribution < -0.4 is 4.74 Å². The molecule has 0 spiro atoms. The van der Waals surface area contributed by atoms with Crippen molar-refractivity contribution in [1.82, 2.24) is 14.5 Å². The summed E-state index contributed by atoms with van der Waals surface area (Å²) in [6.45, 7) is 7.44. The van der Waals surface area contributed by atoms with Crippen LogP contribution in [0.15, 0.2) is 42.7 Å². The summed E-state index contributed by atoms with van der Waals surface area (Å²) in [6, 6.07) is 10.6. The summed E-state index contributed by atoms with van der Waals surface area (Å²) in [4.78, 5) is 6.85. The van der Waals surface area contributed by atoms with Crippen molar-refractivity contribution >= 4 is 0 Å². The third kappa shape index (κ3) is 3.27. The first-order valence-corrected chi connectivity index (χ1v) is 7.72. The molecule has 1 aromatic heterocycles. The first-order chi connectivity index (χ1) is 10.3. The second kappa shape index (κ2) is 6.31. The van der Waals surface area contributed by atoms with Gasteiger partial charge in [0.25, 0.3) is 0 Å². The van der Waals surface area contributed by atoms with Crippen LogP contribution >= 0.6 is 0 Å². The highest BCUT2D eigenvalue weighted by molar-refractivity contribution is 5.21. The molecular formula is C17H23N3O. The molecule has 112 valence electrons. The number of imidazole rings is 1. The zero-order chi connectivity index (χ0) is 14.7. The van der Waals surface area contributed by atoms with E-state index in [9.17, 15) is 0 Å². The molecule has 21 heavy (non-hydrogen) atoms. The van der Waals surface area contributed by atoms with Crippen molar-refractivity contribution in [1.29, 1.82) is 0 Å². The van der Waals surface area contributed by atoms with Crippen molar-refractivity contribution in [3.05, 3.63) is 48.5 Å². The zero-order valence-electron chi connectivity index (χ0n) is 12.8. The lowest BCUT2D eigenvalue weighted by molar-refractivity contribution is -0.00878. The number of benzene rings is 1. The van der Waals surface area contributed by atoms with Crippen LogP contribution in [0.5, 0.6) is 5.75 Å². The van der Waals surface area contributed by atoms with Gasteiger partial charge in [0.15, 0.2) is 0 Å². The summed E-state index contributed by atoms with van der Waals surface area (Å²) in [5.41, 5.74) is 0. The summed E-state index contributed by atoms with van der Waals surface area (Å²) >= 11 is 0. The molecule has 1 atom stereocenters. The average molecular weight is 285 g/mol. The van der Waals surface area contributed by atoms with Crippen LogP contribution in [0.1, 0.15) is 19.7 Å². The Labute approximate surface area is 126 Å². The lowest BCUT2D eigenvalue weighted by Crippen LogP contribution is -2.57. The topological polar surface area (TPSA) is 30.3 Å². The van der Waals surface area contributed by atoms with Gasteiger partial charge in [0.05, 0.1) is 0 Å². The van der Waals surface area contributed by atoms with Crippen LogP contribution in [-0.2, 0) is 13.0 Å². The molecule has 1 aromatic carbocycles. The highest BCUT2D eigenvalue weighted by Gasteiger charge is 2.32. The standard InChI is InChI=1S/C17H23N3O/c1-3-17-18-9-10-19(17)11-14(2)20-12-16(13-20)21-15-7-5-4-6-8-15/h4-10,14,16H,3,11-13H2,1-2H3/t14-/m0/s1. The summed E-state index contributed by atoms with van der Waals surface area (Å²) in [7, 11) is 0. The summed E-state index contributed by atoms with van der Waals surface area (Å²) in [5.74, 6) is 2.14. The van der Waals surface area contributed by atoms with Gasteiger partial charge in [-0.15, -0.1) is 0 Å². The summed E-state index contributed by atoms with van der Waals surface area (Å²) in [6.07, 6.45) is 5.28. The van der Waals surface area contributed by atoms with Crippen LogP contribution in [0.3, 0.4) is 0 Å². The van der Waals surface area contributed by atoms with Gasteiger partial charge in [-0.2, -0.15) is 0 Å². The highest BCUT2D eigenvalue weighted by atomic mass is 16.5. The molecule has 1 saturated heterocycles. The fourth-order valence-electron chi connectivity index (χ4n) is 2.82. The van der Waals surface area contributed by atoms with Crippen molar-refractivity contribution in [2.45, 2.75) is 39.0 Å². The van der Waals surface area contributed by atoms with Gasteiger partial charge < -0.3 is 9.30 Å². The zero-order valence-corrected chi connectivity index (χ0v) is 12.8. The fraction of sp³-hybridized carbons (Fsp3) is 0.471. The van der Waals surface area contributed by atoms with E-state index < -0.39 is 0 Å². The Balaban J connectivity index is 1.47. The molecule has 0 N–H and O–H groups in total. The Morgan fingerprint density at radius 1 is 1.29 bits per heavy atom. The van der Waals surface area contributed by atoms with Crippen LogP contribution in [-0.4, -0.2) is 39.7 Å². The van der Waals surface area contributed by atoms with Crippen LogP contribution in [0.4, 0.5) is 0 Å². The smallest absolute Gasteiger partial charge is 0.124 e. The van der Waals surface area contributed by atoms with E-state index in [1.54, 1.807) is 0 Å². The normalized spacial score (nSPS) is 17.4. The van der Waals surface area contributed by atoms with Gasteiger partial charge in [0.1, 0.15) is 17.7 Å². The van der Waals surface area contributed by atoms with Gasteiger partial charge in [-0.1, -0.05) is 25.1 Å². The number of aromatic nitrogens is 2. The predicted octanol–water partition coefficient (Wildman–Crippen LogP) is 2.60. The van der Waals surface area contributed by atoms with E-state index in [2.05, 4.69) is 34.5 Å². The predicted molar refractivity (Wildman–Crippen MR) is 83.5 cm³/mol. The Bertz CT molecular complexity index is 560. The number of hydrogen-bond acceptors (Lipinski definition) is 3. The molecule has 1 fully saturated rings. The molecule has 1 aliphatic rings. The largest absolute Gasteiger partial charge is 0.488 e. The second-order valence-corrected chi connectivity index (χ2v) is 5.71. The Hall–Kier alpha value is -1.81. The molecule has 4 nitrogen and oxygen atoms in total. The maximum atomic E-state index is 5.95.